The highest BCUT2D eigenvalue weighted by Crippen LogP contribution is 2.06. The molecule has 2 heterocycles. The van der Waals surface area contributed by atoms with Gasteiger partial charge in [0.1, 0.15) is 5.82 Å². The Balaban J connectivity index is 2.95. The zero-order chi connectivity index (χ0) is 9.42. The molecule has 0 spiro atoms. The number of pyridine rings is 1. The van der Waals surface area contributed by atoms with Crippen molar-refractivity contribution >= 4 is 16.9 Å². The van der Waals surface area contributed by atoms with E-state index in [1.54, 1.807) is 12.3 Å². The average Bonchev–Trinajstić information content (AvgIpc) is 2.02. The molecule has 0 bridgehead atoms. The van der Waals surface area contributed by atoms with Crippen molar-refractivity contribution < 1.29 is 0 Å². The van der Waals surface area contributed by atoms with Gasteiger partial charge in [-0.2, -0.15) is 0 Å². The van der Waals surface area contributed by atoms with E-state index in [1.807, 2.05) is 6.92 Å². The Kier molecular flexibility index (Phi) is 1.51. The van der Waals surface area contributed by atoms with Crippen molar-refractivity contribution in [3.8, 4) is 0 Å². The summed E-state index contributed by atoms with van der Waals surface area (Å²) in [5, 5.41) is 0. The van der Waals surface area contributed by atoms with Gasteiger partial charge in [-0.25, -0.2) is 9.97 Å². The van der Waals surface area contributed by atoms with Gasteiger partial charge in [-0.1, -0.05) is 0 Å². The maximum Gasteiger partial charge on any atom is 0.277 e. The number of hydrogen-bond donors (Lipinski definition) is 2. The Morgan fingerprint density at radius 2 is 2.31 bits per heavy atom. The second-order valence-corrected chi connectivity index (χ2v) is 2.80. The van der Waals surface area contributed by atoms with Crippen molar-refractivity contribution in [3.05, 3.63) is 28.3 Å². The molecule has 0 amide bonds. The number of aryl methyl sites for hydroxylation is 1. The summed E-state index contributed by atoms with van der Waals surface area (Å²) in [5.41, 5.74) is 6.76. The number of nitrogens with two attached hydrogens (primary N) is 1. The highest BCUT2D eigenvalue weighted by atomic mass is 16.1. The fraction of sp³-hybridized carbons (Fsp3) is 0.125. The second kappa shape index (κ2) is 2.55. The van der Waals surface area contributed by atoms with Crippen molar-refractivity contribution in [1.29, 1.82) is 0 Å². The van der Waals surface area contributed by atoms with Crippen molar-refractivity contribution in [3.63, 3.8) is 0 Å². The Bertz CT molecular complexity index is 512. The van der Waals surface area contributed by atoms with Crippen LogP contribution in [-0.2, 0) is 0 Å². The van der Waals surface area contributed by atoms with Crippen LogP contribution in [0.25, 0.3) is 11.0 Å². The maximum absolute atomic E-state index is 11.3. The molecule has 0 fully saturated rings. The molecule has 2 aromatic heterocycles. The molecule has 2 aromatic rings. The number of rotatable bonds is 0. The van der Waals surface area contributed by atoms with Crippen LogP contribution < -0.4 is 11.3 Å². The van der Waals surface area contributed by atoms with E-state index in [1.165, 1.54) is 0 Å². The van der Waals surface area contributed by atoms with E-state index in [0.29, 0.717) is 16.9 Å². The molecule has 0 aromatic carbocycles. The summed E-state index contributed by atoms with van der Waals surface area (Å²) in [6, 6.07) is 1.59. The topological polar surface area (TPSA) is 84.7 Å². The Morgan fingerprint density at radius 3 is 3.08 bits per heavy atom. The lowest BCUT2D eigenvalue weighted by Gasteiger charge is -1.97. The molecular formula is C8H8N4O. The summed E-state index contributed by atoms with van der Waals surface area (Å²) in [6.07, 6.45) is 1.55. The van der Waals surface area contributed by atoms with Crippen LogP contribution in [-0.4, -0.2) is 15.0 Å². The molecule has 3 N–H and O–H groups in total. The van der Waals surface area contributed by atoms with Crippen LogP contribution in [0.5, 0.6) is 0 Å². The summed E-state index contributed by atoms with van der Waals surface area (Å²) in [4.78, 5) is 21.8. The third-order valence-corrected chi connectivity index (χ3v) is 1.69. The highest BCUT2D eigenvalue weighted by molar-refractivity contribution is 5.75. The summed E-state index contributed by atoms with van der Waals surface area (Å²) < 4.78 is 0. The van der Waals surface area contributed by atoms with Crippen LogP contribution in [0.15, 0.2) is 17.1 Å². The first-order chi connectivity index (χ1) is 6.16. The Hall–Kier alpha value is -1.91. The molecule has 0 aliphatic heterocycles. The average molecular weight is 176 g/mol. The van der Waals surface area contributed by atoms with Crippen LogP contribution in [0.1, 0.15) is 5.69 Å². The molecule has 2 rings (SSSR count). The number of nitrogens with one attached hydrogen (secondary N) is 1. The quantitative estimate of drug-likeness (QED) is 0.600. The van der Waals surface area contributed by atoms with Gasteiger partial charge in [-0.15, -0.1) is 0 Å². The fourth-order valence-electron chi connectivity index (χ4n) is 1.15. The monoisotopic (exact) mass is 176 g/mol. The van der Waals surface area contributed by atoms with Gasteiger partial charge in [-0.3, -0.25) is 4.79 Å². The van der Waals surface area contributed by atoms with E-state index in [2.05, 4.69) is 15.0 Å². The Morgan fingerprint density at radius 1 is 1.54 bits per heavy atom. The maximum atomic E-state index is 11.3. The molecule has 5 heteroatoms. The van der Waals surface area contributed by atoms with Gasteiger partial charge in [0.25, 0.3) is 5.56 Å². The molecule has 0 aliphatic rings. The first-order valence-corrected chi connectivity index (χ1v) is 3.79. The molecule has 0 radical (unpaired) electrons. The molecule has 0 unspecified atom stereocenters. The van der Waals surface area contributed by atoms with Crippen molar-refractivity contribution in [2.45, 2.75) is 6.92 Å². The number of nitrogen functional groups attached to an aromatic ring is 1. The molecule has 0 atom stereocenters. The molecule has 0 aliphatic carbocycles. The number of aromatic amines is 1. The van der Waals surface area contributed by atoms with E-state index < -0.39 is 0 Å². The molecule has 5 nitrogen and oxygen atoms in total. The van der Waals surface area contributed by atoms with E-state index in [4.69, 9.17) is 5.73 Å². The van der Waals surface area contributed by atoms with E-state index in [0.717, 1.165) is 5.69 Å². The smallest absolute Gasteiger partial charge is 0.277 e. The van der Waals surface area contributed by atoms with Gasteiger partial charge in [-0.05, 0) is 6.92 Å². The standard InChI is InChI=1S/C8H8N4O/c1-4-3-10-7-5(11-4)2-6(9)12-8(7)13/h2-3H,1H3,(H3,9,12,13). The summed E-state index contributed by atoms with van der Waals surface area (Å²) in [7, 11) is 0. The van der Waals surface area contributed by atoms with E-state index in [9.17, 15) is 4.79 Å². The minimum absolute atomic E-state index is 0.303. The lowest BCUT2D eigenvalue weighted by atomic mass is 10.3. The third kappa shape index (κ3) is 1.24. The SMILES string of the molecule is Cc1cnc2c(=O)[nH]c(N)cc2n1. The van der Waals surface area contributed by atoms with Crippen LogP contribution >= 0.6 is 0 Å². The number of aromatic nitrogens is 3. The third-order valence-electron chi connectivity index (χ3n) is 1.69. The van der Waals surface area contributed by atoms with E-state index in [-0.39, 0.29) is 5.56 Å². The van der Waals surface area contributed by atoms with Crippen molar-refractivity contribution in [1.82, 2.24) is 15.0 Å². The van der Waals surface area contributed by atoms with Gasteiger partial charge in [0.15, 0.2) is 5.52 Å². The van der Waals surface area contributed by atoms with Crippen LogP contribution in [0.2, 0.25) is 0 Å². The van der Waals surface area contributed by atoms with Gasteiger partial charge >= 0.3 is 0 Å². The van der Waals surface area contributed by atoms with Crippen molar-refractivity contribution in [2.24, 2.45) is 0 Å². The van der Waals surface area contributed by atoms with Gasteiger partial charge in [0, 0.05) is 12.3 Å². The molecule has 66 valence electrons. The highest BCUT2D eigenvalue weighted by Gasteiger charge is 2.02. The van der Waals surface area contributed by atoms with Crippen LogP contribution in [0.3, 0.4) is 0 Å². The summed E-state index contributed by atoms with van der Waals surface area (Å²) in [6.45, 7) is 1.81. The minimum atomic E-state index is -0.303. The largest absolute Gasteiger partial charge is 0.385 e. The zero-order valence-electron chi connectivity index (χ0n) is 7.03. The number of hydrogen-bond acceptors (Lipinski definition) is 4. The lowest BCUT2D eigenvalue weighted by Crippen LogP contribution is -2.11. The zero-order valence-corrected chi connectivity index (χ0v) is 7.03. The van der Waals surface area contributed by atoms with Crippen molar-refractivity contribution in [2.75, 3.05) is 5.73 Å². The number of H-pyrrole nitrogens is 1. The van der Waals surface area contributed by atoms with E-state index >= 15 is 0 Å². The second-order valence-electron chi connectivity index (χ2n) is 2.80. The lowest BCUT2D eigenvalue weighted by molar-refractivity contribution is 1.15. The van der Waals surface area contributed by atoms with Gasteiger partial charge in [0.05, 0.1) is 11.2 Å². The summed E-state index contributed by atoms with van der Waals surface area (Å²) in [5.74, 6) is 0.303. The van der Waals surface area contributed by atoms with Crippen LogP contribution in [0.4, 0.5) is 5.82 Å². The minimum Gasteiger partial charge on any atom is -0.385 e. The predicted molar refractivity (Wildman–Crippen MR) is 49.3 cm³/mol. The predicted octanol–water partition coefficient (Wildman–Crippen LogP) is 0.209. The fourth-order valence-corrected chi connectivity index (χ4v) is 1.15. The summed E-state index contributed by atoms with van der Waals surface area (Å²) >= 11 is 0. The van der Waals surface area contributed by atoms with Gasteiger partial charge < -0.3 is 10.7 Å². The molecule has 0 saturated heterocycles. The number of nitrogens with zero attached hydrogens (tertiary/aromatic N) is 2. The number of fused-ring (bicyclic) bond motifs is 1. The Labute approximate surface area is 73.6 Å². The normalized spacial score (nSPS) is 10.5. The molecule has 0 saturated carbocycles. The van der Waals surface area contributed by atoms with Gasteiger partial charge in [0.2, 0.25) is 0 Å². The first kappa shape index (κ1) is 7.72. The van der Waals surface area contributed by atoms with Crippen LogP contribution in [0, 0.1) is 6.92 Å². The molecular weight excluding hydrogens is 168 g/mol. The molecule has 13 heavy (non-hydrogen) atoms. The number of anilines is 1. The first-order valence-electron chi connectivity index (χ1n) is 3.79.